The number of rotatable bonds is 2. The Bertz CT molecular complexity index is 1070. The van der Waals surface area contributed by atoms with E-state index >= 15 is 0 Å². The van der Waals surface area contributed by atoms with Crippen molar-refractivity contribution in [1.82, 2.24) is 14.3 Å². The fourth-order valence-electron chi connectivity index (χ4n) is 3.85. The van der Waals surface area contributed by atoms with E-state index in [1.165, 1.54) is 6.07 Å². The maximum atomic E-state index is 13.5. The Morgan fingerprint density at radius 1 is 1.04 bits per heavy atom. The quantitative estimate of drug-likeness (QED) is 0.775. The summed E-state index contributed by atoms with van der Waals surface area (Å²) in [6.45, 7) is 1.74. The van der Waals surface area contributed by atoms with E-state index in [0.717, 1.165) is 48.6 Å². The molecule has 0 amide bonds. The zero-order valence-corrected chi connectivity index (χ0v) is 13.7. The van der Waals surface area contributed by atoms with E-state index in [0.29, 0.717) is 16.6 Å². The first kappa shape index (κ1) is 15.8. The van der Waals surface area contributed by atoms with Crippen LogP contribution in [0.5, 0.6) is 0 Å². The highest BCUT2D eigenvalue weighted by molar-refractivity contribution is 5.80. The zero-order chi connectivity index (χ0) is 17.7. The van der Waals surface area contributed by atoms with Crippen LogP contribution in [0.15, 0.2) is 33.9 Å². The first-order valence-electron chi connectivity index (χ1n) is 8.29. The standard InChI is InChI=1S/C18H17F2N3O2/c1-10-17-15(9-16(24)22(10)13-4-2-3-5-13)21-23(18(17)25)14-7-11(19)6-12(20)8-14/h6-9,13,21H,2-5H2,1H3. The maximum Gasteiger partial charge on any atom is 0.280 e. The summed E-state index contributed by atoms with van der Waals surface area (Å²) in [5.41, 5.74) is 0.413. The van der Waals surface area contributed by atoms with Crippen molar-refractivity contribution >= 4 is 10.9 Å². The molecule has 0 radical (unpaired) electrons. The minimum atomic E-state index is -0.775. The molecule has 7 heteroatoms. The van der Waals surface area contributed by atoms with Gasteiger partial charge in [0.15, 0.2) is 0 Å². The number of nitrogens with one attached hydrogen (secondary N) is 1. The third-order valence-corrected chi connectivity index (χ3v) is 4.94. The summed E-state index contributed by atoms with van der Waals surface area (Å²) < 4.78 is 29.7. The summed E-state index contributed by atoms with van der Waals surface area (Å²) in [5, 5.41) is 3.16. The van der Waals surface area contributed by atoms with Gasteiger partial charge in [-0.15, -0.1) is 0 Å². The molecular weight excluding hydrogens is 328 g/mol. The van der Waals surface area contributed by atoms with Crippen molar-refractivity contribution in [2.45, 2.75) is 38.6 Å². The van der Waals surface area contributed by atoms with Gasteiger partial charge in [-0.25, -0.2) is 13.5 Å². The fourth-order valence-corrected chi connectivity index (χ4v) is 3.85. The van der Waals surface area contributed by atoms with Gasteiger partial charge in [0.25, 0.3) is 11.1 Å². The van der Waals surface area contributed by atoms with E-state index in [1.54, 1.807) is 11.5 Å². The van der Waals surface area contributed by atoms with Crippen LogP contribution in [0.25, 0.3) is 16.6 Å². The lowest BCUT2D eigenvalue weighted by atomic mass is 10.2. The van der Waals surface area contributed by atoms with Crippen LogP contribution >= 0.6 is 0 Å². The maximum absolute atomic E-state index is 13.5. The molecule has 0 unspecified atom stereocenters. The van der Waals surface area contributed by atoms with Crippen molar-refractivity contribution in [2.75, 3.05) is 0 Å². The molecule has 2 aromatic heterocycles. The molecule has 130 valence electrons. The van der Waals surface area contributed by atoms with Crippen molar-refractivity contribution < 1.29 is 8.78 Å². The Balaban J connectivity index is 1.98. The monoisotopic (exact) mass is 345 g/mol. The van der Waals surface area contributed by atoms with Crippen LogP contribution in [0.2, 0.25) is 0 Å². The van der Waals surface area contributed by atoms with Crippen molar-refractivity contribution in [3.05, 3.63) is 62.3 Å². The molecule has 1 aromatic carbocycles. The summed E-state index contributed by atoms with van der Waals surface area (Å²) in [6.07, 6.45) is 3.96. The van der Waals surface area contributed by atoms with Gasteiger partial charge in [-0.1, -0.05) is 12.8 Å². The molecule has 1 aliphatic carbocycles. The van der Waals surface area contributed by atoms with Gasteiger partial charge in [0, 0.05) is 23.9 Å². The molecule has 0 saturated heterocycles. The smallest absolute Gasteiger partial charge is 0.280 e. The Labute approximate surface area is 141 Å². The van der Waals surface area contributed by atoms with Gasteiger partial charge < -0.3 is 4.57 Å². The normalized spacial score (nSPS) is 15.3. The first-order chi connectivity index (χ1) is 12.0. The molecule has 1 fully saturated rings. The predicted octanol–water partition coefficient (Wildman–Crippen LogP) is 3.18. The Morgan fingerprint density at radius 2 is 1.68 bits per heavy atom. The first-order valence-corrected chi connectivity index (χ1v) is 8.29. The number of aryl methyl sites for hydroxylation is 1. The van der Waals surface area contributed by atoms with Crippen LogP contribution in [0.1, 0.15) is 37.4 Å². The van der Waals surface area contributed by atoms with Gasteiger partial charge in [-0.2, -0.15) is 0 Å². The van der Waals surface area contributed by atoms with Crippen LogP contribution in [-0.4, -0.2) is 14.3 Å². The Hall–Kier alpha value is -2.70. The number of aromatic amines is 1. The number of fused-ring (bicyclic) bond motifs is 1. The van der Waals surface area contributed by atoms with Crippen LogP contribution in [0.3, 0.4) is 0 Å². The molecule has 4 rings (SSSR count). The molecule has 1 N–H and O–H groups in total. The van der Waals surface area contributed by atoms with Crippen LogP contribution in [0.4, 0.5) is 8.78 Å². The predicted molar refractivity (Wildman–Crippen MR) is 90.3 cm³/mol. The number of pyridine rings is 1. The Morgan fingerprint density at radius 3 is 2.32 bits per heavy atom. The number of benzene rings is 1. The van der Waals surface area contributed by atoms with Gasteiger partial charge in [0.1, 0.15) is 11.6 Å². The molecule has 0 atom stereocenters. The van der Waals surface area contributed by atoms with E-state index in [-0.39, 0.29) is 17.3 Å². The van der Waals surface area contributed by atoms with Gasteiger partial charge in [0.05, 0.1) is 16.6 Å². The lowest BCUT2D eigenvalue weighted by Gasteiger charge is -2.16. The lowest BCUT2D eigenvalue weighted by Crippen LogP contribution is -2.26. The summed E-state index contributed by atoms with van der Waals surface area (Å²) in [5.74, 6) is -1.55. The van der Waals surface area contributed by atoms with Crippen LogP contribution < -0.4 is 11.1 Å². The summed E-state index contributed by atoms with van der Waals surface area (Å²) >= 11 is 0. The molecule has 1 aliphatic rings. The van der Waals surface area contributed by atoms with Crippen molar-refractivity contribution in [2.24, 2.45) is 0 Å². The molecule has 25 heavy (non-hydrogen) atoms. The number of H-pyrrole nitrogens is 1. The van der Waals surface area contributed by atoms with Crippen molar-refractivity contribution in [1.29, 1.82) is 0 Å². The topological polar surface area (TPSA) is 59.8 Å². The Kier molecular flexibility index (Phi) is 3.59. The van der Waals surface area contributed by atoms with E-state index in [4.69, 9.17) is 0 Å². The number of halogens is 2. The zero-order valence-electron chi connectivity index (χ0n) is 13.7. The third kappa shape index (κ3) is 2.50. The number of aromatic nitrogens is 3. The molecule has 2 heterocycles. The molecule has 3 aromatic rings. The summed E-state index contributed by atoms with van der Waals surface area (Å²) in [6, 6.07) is 4.36. The van der Waals surface area contributed by atoms with E-state index in [9.17, 15) is 18.4 Å². The van der Waals surface area contributed by atoms with E-state index < -0.39 is 17.2 Å². The molecule has 0 aliphatic heterocycles. The fraction of sp³-hybridized carbons (Fsp3) is 0.333. The lowest BCUT2D eigenvalue weighted by molar-refractivity contribution is 0.494. The molecular formula is C18H17F2N3O2. The molecule has 0 bridgehead atoms. The largest absolute Gasteiger partial charge is 0.309 e. The van der Waals surface area contributed by atoms with Gasteiger partial charge in [-0.05, 0) is 31.9 Å². The van der Waals surface area contributed by atoms with Crippen molar-refractivity contribution in [3.63, 3.8) is 0 Å². The highest BCUT2D eigenvalue weighted by Crippen LogP contribution is 2.30. The number of nitrogens with zero attached hydrogens (tertiary/aromatic N) is 2. The number of hydrogen-bond acceptors (Lipinski definition) is 2. The van der Waals surface area contributed by atoms with Gasteiger partial charge >= 0.3 is 0 Å². The highest BCUT2D eigenvalue weighted by atomic mass is 19.1. The minimum Gasteiger partial charge on any atom is -0.309 e. The van der Waals surface area contributed by atoms with E-state index in [1.807, 2.05) is 0 Å². The highest BCUT2D eigenvalue weighted by Gasteiger charge is 2.23. The molecule has 0 spiro atoms. The molecule has 1 saturated carbocycles. The third-order valence-electron chi connectivity index (χ3n) is 4.94. The second-order valence-electron chi connectivity index (χ2n) is 6.54. The molecule has 5 nitrogen and oxygen atoms in total. The van der Waals surface area contributed by atoms with Gasteiger partial charge in [-0.3, -0.25) is 14.7 Å². The van der Waals surface area contributed by atoms with Crippen LogP contribution in [-0.2, 0) is 0 Å². The number of hydrogen-bond donors (Lipinski definition) is 1. The summed E-state index contributed by atoms with van der Waals surface area (Å²) in [7, 11) is 0. The van der Waals surface area contributed by atoms with Gasteiger partial charge in [0.2, 0.25) is 0 Å². The minimum absolute atomic E-state index is 0.0537. The average molecular weight is 345 g/mol. The second-order valence-corrected chi connectivity index (χ2v) is 6.54. The SMILES string of the molecule is Cc1c2c(=O)n(-c3cc(F)cc(F)c3)[nH]c2cc(=O)n1C1CCCC1. The second kappa shape index (κ2) is 5.68. The average Bonchev–Trinajstić information content (AvgIpc) is 3.15. The van der Waals surface area contributed by atoms with Crippen LogP contribution in [0, 0.1) is 18.6 Å². The van der Waals surface area contributed by atoms with E-state index in [2.05, 4.69) is 5.10 Å². The van der Waals surface area contributed by atoms with Crippen molar-refractivity contribution in [3.8, 4) is 5.69 Å². The summed E-state index contributed by atoms with van der Waals surface area (Å²) in [4.78, 5) is 25.3.